The molecule has 0 saturated carbocycles. The van der Waals surface area contributed by atoms with E-state index in [1.54, 1.807) is 45.9 Å². The number of carbonyl (C=O) groups excluding carboxylic acids is 2. The number of alkyl carbamates (subject to hydrolysis) is 1. The highest BCUT2D eigenvalue weighted by molar-refractivity contribution is 5.89. The van der Waals surface area contributed by atoms with Crippen LogP contribution in [0.3, 0.4) is 0 Å². The molecule has 0 aromatic heterocycles. The van der Waals surface area contributed by atoms with Gasteiger partial charge in [-0.1, -0.05) is 12.1 Å². The minimum Gasteiger partial charge on any atom is -0.465 e. The molecule has 23 heavy (non-hydrogen) atoms. The van der Waals surface area contributed by atoms with Crippen LogP contribution in [0.1, 0.15) is 43.6 Å². The van der Waals surface area contributed by atoms with Crippen LogP contribution in [0, 0.1) is 0 Å². The van der Waals surface area contributed by atoms with Crippen LogP contribution in [0.25, 0.3) is 0 Å². The fourth-order valence-corrected chi connectivity index (χ4v) is 2.00. The number of esters is 1. The van der Waals surface area contributed by atoms with Gasteiger partial charge in [-0.05, 0) is 51.8 Å². The Morgan fingerprint density at radius 1 is 1.30 bits per heavy atom. The Morgan fingerprint density at radius 3 is 2.48 bits per heavy atom. The molecule has 0 radical (unpaired) electrons. The average Bonchev–Trinajstić information content (AvgIpc) is 2.44. The molecule has 6 heteroatoms. The van der Waals surface area contributed by atoms with E-state index in [1.165, 1.54) is 7.11 Å². The lowest BCUT2D eigenvalue weighted by molar-refractivity contribution is 0.0436. The fraction of sp³-hybridized carbons (Fsp3) is 0.529. The molecule has 0 aliphatic carbocycles. The molecule has 2 N–H and O–H groups in total. The molecule has 0 fully saturated rings. The van der Waals surface area contributed by atoms with Crippen molar-refractivity contribution >= 4 is 12.1 Å². The summed E-state index contributed by atoms with van der Waals surface area (Å²) in [4.78, 5) is 23.4. The van der Waals surface area contributed by atoms with E-state index in [0.717, 1.165) is 5.56 Å². The molecule has 0 aliphatic rings. The van der Waals surface area contributed by atoms with E-state index in [2.05, 4.69) is 10.1 Å². The van der Waals surface area contributed by atoms with Crippen LogP contribution in [0.5, 0.6) is 0 Å². The summed E-state index contributed by atoms with van der Waals surface area (Å²) in [5, 5.41) is 12.5. The van der Waals surface area contributed by atoms with E-state index in [4.69, 9.17) is 4.74 Å². The van der Waals surface area contributed by atoms with E-state index in [0.29, 0.717) is 12.0 Å². The first-order valence-corrected chi connectivity index (χ1v) is 7.47. The van der Waals surface area contributed by atoms with Crippen molar-refractivity contribution in [1.29, 1.82) is 0 Å². The van der Waals surface area contributed by atoms with Crippen LogP contribution in [-0.2, 0) is 15.9 Å². The average molecular weight is 323 g/mol. The highest BCUT2D eigenvalue weighted by atomic mass is 16.6. The summed E-state index contributed by atoms with van der Waals surface area (Å²) in [6, 6.07) is 6.34. The fourth-order valence-electron chi connectivity index (χ4n) is 2.00. The van der Waals surface area contributed by atoms with E-state index in [9.17, 15) is 14.7 Å². The molecule has 2 atom stereocenters. The maximum Gasteiger partial charge on any atom is 0.407 e. The normalized spacial score (nSPS) is 13.8. The van der Waals surface area contributed by atoms with Gasteiger partial charge in [-0.15, -0.1) is 0 Å². The number of hydrogen-bond donors (Lipinski definition) is 2. The summed E-state index contributed by atoms with van der Waals surface area (Å²) in [6.07, 6.45) is -1.00. The summed E-state index contributed by atoms with van der Waals surface area (Å²) in [7, 11) is 1.32. The number of amides is 1. The van der Waals surface area contributed by atoms with Gasteiger partial charge in [0.15, 0.2) is 0 Å². The number of methoxy groups -OCH3 is 1. The number of nitrogens with one attached hydrogen (secondary N) is 1. The molecule has 1 aromatic carbocycles. The molecule has 1 rings (SSSR count). The summed E-state index contributed by atoms with van der Waals surface area (Å²) < 4.78 is 9.89. The van der Waals surface area contributed by atoms with Crippen molar-refractivity contribution < 1.29 is 24.2 Å². The maximum atomic E-state index is 11.9. The molecule has 1 amide bonds. The van der Waals surface area contributed by atoms with Gasteiger partial charge in [0.05, 0.1) is 24.8 Å². The Bertz CT molecular complexity index is 548. The van der Waals surface area contributed by atoms with Crippen molar-refractivity contribution in [3.8, 4) is 0 Å². The first kappa shape index (κ1) is 19.0. The maximum absolute atomic E-state index is 11.9. The van der Waals surface area contributed by atoms with Crippen molar-refractivity contribution in [2.75, 3.05) is 7.11 Å². The zero-order valence-electron chi connectivity index (χ0n) is 14.3. The van der Waals surface area contributed by atoms with Crippen molar-refractivity contribution in [3.63, 3.8) is 0 Å². The van der Waals surface area contributed by atoms with Crippen LogP contribution in [-0.4, -0.2) is 42.0 Å². The van der Waals surface area contributed by atoms with Gasteiger partial charge in [0.2, 0.25) is 0 Å². The summed E-state index contributed by atoms with van der Waals surface area (Å²) in [5.41, 5.74) is 0.611. The third-order valence-electron chi connectivity index (χ3n) is 3.09. The highest BCUT2D eigenvalue weighted by Gasteiger charge is 2.23. The van der Waals surface area contributed by atoms with Crippen LogP contribution < -0.4 is 5.32 Å². The second-order valence-electron chi connectivity index (χ2n) is 6.39. The first-order chi connectivity index (χ1) is 10.6. The van der Waals surface area contributed by atoms with Crippen LogP contribution >= 0.6 is 0 Å². The molecule has 6 nitrogen and oxygen atoms in total. The second-order valence-corrected chi connectivity index (χ2v) is 6.39. The molecule has 0 saturated heterocycles. The smallest absolute Gasteiger partial charge is 0.407 e. The highest BCUT2D eigenvalue weighted by Crippen LogP contribution is 2.12. The standard InChI is InChI=1S/C17H25NO5/c1-11(19)14(18-16(21)23-17(2,3)4)10-12-7-6-8-13(9-12)15(20)22-5/h6-9,11,14,19H,10H2,1-5H3,(H,18,21). The van der Waals surface area contributed by atoms with Crippen LogP contribution in [0.2, 0.25) is 0 Å². The third kappa shape index (κ3) is 6.69. The largest absolute Gasteiger partial charge is 0.465 e. The molecular weight excluding hydrogens is 298 g/mol. The number of aliphatic hydroxyl groups is 1. The predicted molar refractivity (Wildman–Crippen MR) is 86.3 cm³/mol. The molecule has 0 spiro atoms. The second kappa shape index (κ2) is 7.97. The van der Waals surface area contributed by atoms with Gasteiger partial charge < -0.3 is 19.9 Å². The number of rotatable bonds is 5. The molecule has 0 bridgehead atoms. The van der Waals surface area contributed by atoms with E-state index in [-0.39, 0.29) is 0 Å². The Hall–Kier alpha value is -2.08. The quantitative estimate of drug-likeness (QED) is 0.812. The van der Waals surface area contributed by atoms with Crippen molar-refractivity contribution in [3.05, 3.63) is 35.4 Å². The molecule has 128 valence electrons. The summed E-state index contributed by atoms with van der Waals surface area (Å²) in [5.74, 6) is -0.430. The van der Waals surface area contributed by atoms with Gasteiger partial charge in [-0.25, -0.2) is 9.59 Å². The molecular formula is C17H25NO5. The number of carbonyl (C=O) groups is 2. The van der Waals surface area contributed by atoms with Gasteiger partial charge in [0.25, 0.3) is 0 Å². The molecule has 1 aromatic rings. The number of benzene rings is 1. The SMILES string of the molecule is COC(=O)c1cccc(CC(NC(=O)OC(C)(C)C)C(C)O)c1. The molecule has 0 heterocycles. The lowest BCUT2D eigenvalue weighted by atomic mass is 10.0. The Balaban J connectivity index is 2.80. The third-order valence-corrected chi connectivity index (χ3v) is 3.09. The van der Waals surface area contributed by atoms with E-state index < -0.39 is 29.8 Å². The van der Waals surface area contributed by atoms with Gasteiger partial charge in [0.1, 0.15) is 5.60 Å². The molecule has 0 aliphatic heterocycles. The van der Waals surface area contributed by atoms with Gasteiger partial charge >= 0.3 is 12.1 Å². The minimum atomic E-state index is -0.774. The van der Waals surface area contributed by atoms with Crippen molar-refractivity contribution in [2.45, 2.75) is 51.9 Å². The summed E-state index contributed by atoms with van der Waals surface area (Å²) >= 11 is 0. The monoisotopic (exact) mass is 323 g/mol. The zero-order valence-corrected chi connectivity index (χ0v) is 14.3. The van der Waals surface area contributed by atoms with E-state index >= 15 is 0 Å². The predicted octanol–water partition coefficient (Wildman–Crippen LogP) is 2.29. The van der Waals surface area contributed by atoms with E-state index in [1.807, 2.05) is 6.07 Å². The zero-order chi connectivity index (χ0) is 17.6. The van der Waals surface area contributed by atoms with Gasteiger partial charge in [-0.2, -0.15) is 0 Å². The molecule has 2 unspecified atom stereocenters. The van der Waals surface area contributed by atoms with Gasteiger partial charge in [-0.3, -0.25) is 0 Å². The van der Waals surface area contributed by atoms with Crippen LogP contribution in [0.15, 0.2) is 24.3 Å². The van der Waals surface area contributed by atoms with Gasteiger partial charge in [0, 0.05) is 0 Å². The topological polar surface area (TPSA) is 84.9 Å². The Morgan fingerprint density at radius 2 is 1.96 bits per heavy atom. The number of aliphatic hydroxyl groups excluding tert-OH is 1. The van der Waals surface area contributed by atoms with Crippen LogP contribution in [0.4, 0.5) is 4.79 Å². The Labute approximate surface area is 136 Å². The minimum absolute atomic E-state index is 0.363. The first-order valence-electron chi connectivity index (χ1n) is 7.47. The number of hydrogen-bond acceptors (Lipinski definition) is 5. The lowest BCUT2D eigenvalue weighted by Gasteiger charge is -2.25. The summed E-state index contributed by atoms with van der Waals surface area (Å²) in [6.45, 7) is 6.89. The van der Waals surface area contributed by atoms with Crippen molar-refractivity contribution in [2.24, 2.45) is 0 Å². The lowest BCUT2D eigenvalue weighted by Crippen LogP contribution is -2.45. The Kier molecular flexibility index (Phi) is 6.57. The number of ether oxygens (including phenoxy) is 2. The van der Waals surface area contributed by atoms with Crippen molar-refractivity contribution in [1.82, 2.24) is 5.32 Å².